The fourth-order valence-electron chi connectivity index (χ4n) is 8.78. The Balaban J connectivity index is 1.04. The predicted molar refractivity (Wildman–Crippen MR) is 258 cm³/mol. The van der Waals surface area contributed by atoms with Gasteiger partial charge in [-0.3, -0.25) is 9.62 Å². The summed E-state index contributed by atoms with van der Waals surface area (Å²) in [6.45, 7) is 14.8. The summed E-state index contributed by atoms with van der Waals surface area (Å²) in [6, 6.07) is 26.3. The Morgan fingerprint density at radius 1 is 0.938 bits per heavy atom. The fraction of sp³-hybridized carbons (Fsp3) is 0.429. The Hall–Kier alpha value is -4.34. The SMILES string of the molecule is CC(C)CN(C)CC[C@H](CSc1ccccc1)Nc1ccc(S(=O)(=O)Nc2ncnc3cc(N4CCN(CC5=C(c6ccc(Cl)cc6)CCC(C)(C)C5)CC4)ccc23)cc1C(F)(F)F. The maximum Gasteiger partial charge on any atom is 0.418 e. The van der Waals surface area contributed by atoms with Gasteiger partial charge in [0.05, 0.1) is 16.0 Å². The molecule has 1 fully saturated rings. The Labute approximate surface area is 385 Å². The number of rotatable bonds is 17. The largest absolute Gasteiger partial charge is 0.418 e. The zero-order valence-corrected chi connectivity index (χ0v) is 39.6. The van der Waals surface area contributed by atoms with Crippen molar-refractivity contribution in [1.29, 1.82) is 0 Å². The molecule has 1 aromatic heterocycles. The molecule has 1 aliphatic carbocycles. The van der Waals surface area contributed by atoms with Crippen molar-refractivity contribution < 1.29 is 21.6 Å². The van der Waals surface area contributed by atoms with Crippen molar-refractivity contribution in [3.05, 3.63) is 119 Å². The van der Waals surface area contributed by atoms with Crippen LogP contribution < -0.4 is 14.9 Å². The molecule has 4 aromatic carbocycles. The number of anilines is 3. The lowest BCUT2D eigenvalue weighted by atomic mass is 9.73. The first-order chi connectivity index (χ1) is 30.4. The van der Waals surface area contributed by atoms with Crippen LogP contribution in [0.4, 0.5) is 30.4 Å². The van der Waals surface area contributed by atoms with Gasteiger partial charge in [0.1, 0.15) is 6.33 Å². The van der Waals surface area contributed by atoms with E-state index in [1.165, 1.54) is 35.2 Å². The van der Waals surface area contributed by atoms with Crippen LogP contribution in [0.5, 0.6) is 0 Å². The number of thioether (sulfide) groups is 1. The molecule has 7 rings (SSSR count). The minimum Gasteiger partial charge on any atom is -0.381 e. The molecule has 0 saturated carbocycles. The lowest BCUT2D eigenvalue weighted by Gasteiger charge is -2.39. The molecular weight excluding hydrogens is 875 g/mol. The molecule has 342 valence electrons. The number of benzene rings is 4. The summed E-state index contributed by atoms with van der Waals surface area (Å²) in [4.78, 5) is 16.1. The van der Waals surface area contributed by atoms with Crippen molar-refractivity contribution in [2.45, 2.75) is 75.4 Å². The van der Waals surface area contributed by atoms with Crippen LogP contribution in [0, 0.1) is 11.3 Å². The lowest BCUT2D eigenvalue weighted by Crippen LogP contribution is -2.47. The smallest absolute Gasteiger partial charge is 0.381 e. The zero-order valence-electron chi connectivity index (χ0n) is 37.3. The zero-order chi connectivity index (χ0) is 45.6. The van der Waals surface area contributed by atoms with E-state index in [4.69, 9.17) is 11.6 Å². The van der Waals surface area contributed by atoms with Crippen LogP contribution in [-0.4, -0.2) is 92.8 Å². The second-order valence-corrected chi connectivity index (χ2v) is 21.5. The summed E-state index contributed by atoms with van der Waals surface area (Å²) in [5.41, 5.74) is 4.66. The molecule has 0 radical (unpaired) electrons. The van der Waals surface area contributed by atoms with Gasteiger partial charge in [0, 0.05) is 77.7 Å². The molecule has 1 atom stereocenters. The minimum atomic E-state index is -4.83. The highest BCUT2D eigenvalue weighted by Crippen LogP contribution is 2.43. The van der Waals surface area contributed by atoms with E-state index in [1.54, 1.807) is 17.8 Å². The molecule has 64 heavy (non-hydrogen) atoms. The van der Waals surface area contributed by atoms with Gasteiger partial charge in [-0.25, -0.2) is 18.4 Å². The standard InChI is InChI=1S/C49H59ClF3N7O2S2/c1-34(2)30-58(5)22-20-38(32-63-40-9-7-6-8-10-40)56-45-18-16-41(28-44(45)49(51,52)53)64(61,62)57-47-43-17-15-39(27-46(43)54-33-55-47)60-25-23-59(24-26-60)31-36-29-48(3,4)21-19-42(36)35-11-13-37(50)14-12-35/h6-18,27-28,33-34,38,56H,19-26,29-32H2,1-5H3,(H,54,55,57)/t38-/m1/s1. The highest BCUT2D eigenvalue weighted by molar-refractivity contribution is 7.99. The van der Waals surface area contributed by atoms with Crippen LogP contribution in [0.25, 0.3) is 16.5 Å². The number of sulfonamides is 1. The third-order valence-corrected chi connectivity index (χ3v) is 14.8. The lowest BCUT2D eigenvalue weighted by molar-refractivity contribution is -0.137. The number of hydrogen-bond donors (Lipinski definition) is 2. The number of allylic oxidation sites excluding steroid dienone is 1. The number of piperazine rings is 1. The second kappa shape index (κ2) is 20.4. The normalized spacial score (nSPS) is 16.8. The van der Waals surface area contributed by atoms with Gasteiger partial charge in [0.2, 0.25) is 0 Å². The Bertz CT molecular complexity index is 2510. The number of aromatic nitrogens is 2. The first-order valence-corrected chi connectivity index (χ1v) is 24.8. The molecule has 1 aliphatic heterocycles. The molecule has 5 aromatic rings. The maximum absolute atomic E-state index is 14.7. The van der Waals surface area contributed by atoms with Gasteiger partial charge in [0.25, 0.3) is 10.0 Å². The van der Waals surface area contributed by atoms with Crippen molar-refractivity contribution in [3.8, 4) is 0 Å². The molecule has 2 N–H and O–H groups in total. The fourth-order valence-corrected chi connectivity index (χ4v) is 11.0. The summed E-state index contributed by atoms with van der Waals surface area (Å²) in [7, 11) is -2.49. The molecular formula is C49H59ClF3N7O2S2. The van der Waals surface area contributed by atoms with Crippen molar-refractivity contribution in [1.82, 2.24) is 19.8 Å². The van der Waals surface area contributed by atoms with Gasteiger partial charge < -0.3 is 15.1 Å². The van der Waals surface area contributed by atoms with E-state index in [0.29, 0.717) is 41.6 Å². The second-order valence-electron chi connectivity index (χ2n) is 18.3. The highest BCUT2D eigenvalue weighted by atomic mass is 35.5. The van der Waals surface area contributed by atoms with E-state index in [0.717, 1.165) is 74.1 Å². The van der Waals surface area contributed by atoms with Crippen LogP contribution >= 0.6 is 23.4 Å². The summed E-state index contributed by atoms with van der Waals surface area (Å²) >= 11 is 7.78. The summed E-state index contributed by atoms with van der Waals surface area (Å²) in [6.07, 6.45) is 0.276. The molecule has 9 nitrogen and oxygen atoms in total. The first kappa shape index (κ1) is 47.6. The van der Waals surface area contributed by atoms with Crippen molar-refractivity contribution >= 4 is 67.1 Å². The van der Waals surface area contributed by atoms with Gasteiger partial charge in [-0.05, 0) is 122 Å². The third kappa shape index (κ3) is 12.5. The van der Waals surface area contributed by atoms with Gasteiger partial charge in [-0.1, -0.05) is 75.2 Å². The minimum absolute atomic E-state index is 0.0131. The maximum atomic E-state index is 14.7. The molecule has 0 bridgehead atoms. The Kier molecular flexibility index (Phi) is 15.2. The number of hydrogen-bond acceptors (Lipinski definition) is 9. The number of fused-ring (bicyclic) bond motifs is 1. The average Bonchev–Trinajstić information content (AvgIpc) is 3.25. The van der Waals surface area contributed by atoms with Crippen LogP contribution in [0.3, 0.4) is 0 Å². The van der Waals surface area contributed by atoms with E-state index in [-0.39, 0.29) is 23.0 Å². The van der Waals surface area contributed by atoms with E-state index >= 15 is 0 Å². The predicted octanol–water partition coefficient (Wildman–Crippen LogP) is 11.4. The first-order valence-electron chi connectivity index (χ1n) is 22.0. The van der Waals surface area contributed by atoms with Crippen LogP contribution in [0.1, 0.15) is 64.5 Å². The van der Waals surface area contributed by atoms with Gasteiger partial charge in [0.15, 0.2) is 5.82 Å². The number of alkyl halides is 3. The summed E-state index contributed by atoms with van der Waals surface area (Å²) in [5, 5.41) is 4.31. The molecule has 1 saturated heterocycles. The topological polar surface area (TPSA) is 93.7 Å². The van der Waals surface area contributed by atoms with E-state index in [9.17, 15) is 21.6 Å². The monoisotopic (exact) mass is 933 g/mol. The summed E-state index contributed by atoms with van der Waals surface area (Å²) in [5.74, 6) is 0.945. The average molecular weight is 935 g/mol. The van der Waals surface area contributed by atoms with E-state index in [1.807, 2.05) is 61.6 Å². The number of halogens is 4. The van der Waals surface area contributed by atoms with E-state index < -0.39 is 26.7 Å². The molecule has 2 heterocycles. The Morgan fingerprint density at radius 3 is 2.38 bits per heavy atom. The van der Waals surface area contributed by atoms with Crippen LogP contribution in [0.15, 0.2) is 113 Å². The van der Waals surface area contributed by atoms with Gasteiger partial charge in [-0.15, -0.1) is 11.8 Å². The van der Waals surface area contributed by atoms with Crippen molar-refractivity contribution in [2.24, 2.45) is 11.3 Å². The summed E-state index contributed by atoms with van der Waals surface area (Å²) < 4.78 is 74.4. The van der Waals surface area contributed by atoms with Gasteiger partial charge >= 0.3 is 6.18 Å². The molecule has 0 amide bonds. The van der Waals surface area contributed by atoms with Gasteiger partial charge in [-0.2, -0.15) is 13.2 Å². The van der Waals surface area contributed by atoms with Crippen LogP contribution in [0.2, 0.25) is 5.02 Å². The molecule has 0 spiro atoms. The molecule has 2 aliphatic rings. The number of nitrogens with zero attached hydrogens (tertiary/aromatic N) is 5. The van der Waals surface area contributed by atoms with E-state index in [2.05, 4.69) is 74.5 Å². The van der Waals surface area contributed by atoms with Crippen molar-refractivity contribution in [3.63, 3.8) is 0 Å². The quantitative estimate of drug-likeness (QED) is 0.0884. The van der Waals surface area contributed by atoms with Crippen LogP contribution in [-0.2, 0) is 16.2 Å². The molecule has 0 unspecified atom stereocenters. The third-order valence-electron chi connectivity index (χ3n) is 12.1. The highest BCUT2D eigenvalue weighted by Gasteiger charge is 2.36. The Morgan fingerprint density at radius 2 is 1.67 bits per heavy atom. The molecule has 15 heteroatoms. The van der Waals surface area contributed by atoms with Crippen molar-refractivity contribution in [2.75, 3.05) is 73.6 Å². The number of nitrogens with one attached hydrogen (secondary N) is 2.